The highest BCUT2D eigenvalue weighted by Crippen LogP contribution is 2.22. The second kappa shape index (κ2) is 6.23. The van der Waals surface area contributed by atoms with Gasteiger partial charge in [0.1, 0.15) is 24.4 Å². The third kappa shape index (κ3) is 3.17. The first-order valence-corrected chi connectivity index (χ1v) is 5.94. The fourth-order valence-electron chi connectivity index (χ4n) is 1.88. The summed E-state index contributed by atoms with van der Waals surface area (Å²) in [6.45, 7) is 0.164. The minimum Gasteiger partial charge on any atom is -0.387 e. The van der Waals surface area contributed by atoms with Gasteiger partial charge in [-0.2, -0.15) is 0 Å². The van der Waals surface area contributed by atoms with E-state index >= 15 is 0 Å². The van der Waals surface area contributed by atoms with E-state index in [4.69, 9.17) is 9.47 Å². The summed E-state index contributed by atoms with van der Waals surface area (Å²) in [6.07, 6.45) is -6.34. The lowest BCUT2D eigenvalue weighted by molar-refractivity contribution is -0.291. The van der Waals surface area contributed by atoms with Crippen molar-refractivity contribution in [1.82, 2.24) is 0 Å². The molecule has 2 rings (SSSR count). The Morgan fingerprint density at radius 3 is 2.42 bits per heavy atom. The summed E-state index contributed by atoms with van der Waals surface area (Å²) in [7, 11) is 0. The lowest BCUT2D eigenvalue weighted by Gasteiger charge is -2.38. The Balaban J connectivity index is 1.97. The van der Waals surface area contributed by atoms with Gasteiger partial charge in [-0.3, -0.25) is 0 Å². The summed E-state index contributed by atoms with van der Waals surface area (Å²) in [5.74, 6) is 0. The molecule has 19 heavy (non-hydrogen) atoms. The van der Waals surface area contributed by atoms with Crippen molar-refractivity contribution in [2.24, 2.45) is 0 Å². The number of carbonyl (C=O) groups excluding carboxylic acids is 1. The van der Waals surface area contributed by atoms with Crippen LogP contribution in [0.4, 0.5) is 0 Å². The van der Waals surface area contributed by atoms with Gasteiger partial charge < -0.3 is 29.6 Å². The van der Waals surface area contributed by atoms with E-state index in [0.717, 1.165) is 5.56 Å². The number of ether oxygens (including phenoxy) is 2. The van der Waals surface area contributed by atoms with Crippen LogP contribution in [-0.4, -0.2) is 52.3 Å². The minimum atomic E-state index is -1.48. The van der Waals surface area contributed by atoms with Crippen molar-refractivity contribution in [2.45, 2.75) is 37.3 Å². The first kappa shape index (κ1) is 14.1. The number of hydrogen-bond acceptors (Lipinski definition) is 6. The molecule has 1 aromatic carbocycles. The van der Waals surface area contributed by atoms with Crippen molar-refractivity contribution >= 4 is 6.29 Å². The van der Waals surface area contributed by atoms with E-state index in [0.29, 0.717) is 6.29 Å². The smallest absolute Gasteiger partial charge is 0.187 e. The van der Waals surface area contributed by atoms with Crippen LogP contribution in [0.5, 0.6) is 0 Å². The average molecular weight is 268 g/mol. The molecule has 3 N–H and O–H groups in total. The van der Waals surface area contributed by atoms with Crippen LogP contribution < -0.4 is 0 Å². The van der Waals surface area contributed by atoms with E-state index < -0.39 is 30.7 Å². The largest absolute Gasteiger partial charge is 0.387 e. The highest BCUT2D eigenvalue weighted by molar-refractivity contribution is 5.57. The van der Waals surface area contributed by atoms with Crippen LogP contribution >= 0.6 is 0 Å². The standard InChI is InChI=1S/C13H16O6/c14-6-9-10(15)11(16)12(17)13(19-9)18-7-8-4-2-1-3-5-8/h1-6,9-13,15-17H,7H2/t9-,10+,11+,12-,13-/m1/s1. The summed E-state index contributed by atoms with van der Waals surface area (Å²) >= 11 is 0. The maximum Gasteiger partial charge on any atom is 0.187 e. The molecule has 1 saturated heterocycles. The molecule has 1 heterocycles. The van der Waals surface area contributed by atoms with Crippen molar-refractivity contribution in [3.63, 3.8) is 0 Å². The number of aldehydes is 1. The van der Waals surface area contributed by atoms with Crippen molar-refractivity contribution in [3.05, 3.63) is 35.9 Å². The summed E-state index contributed by atoms with van der Waals surface area (Å²) in [5.41, 5.74) is 0.863. The molecule has 1 aromatic rings. The molecule has 0 amide bonds. The van der Waals surface area contributed by atoms with Gasteiger partial charge in [-0.05, 0) is 5.56 Å². The molecule has 0 unspecified atom stereocenters. The molecule has 6 nitrogen and oxygen atoms in total. The van der Waals surface area contributed by atoms with Gasteiger partial charge >= 0.3 is 0 Å². The Kier molecular flexibility index (Phi) is 4.62. The molecular formula is C13H16O6. The van der Waals surface area contributed by atoms with E-state index in [1.54, 1.807) is 0 Å². The van der Waals surface area contributed by atoms with Crippen LogP contribution in [0.1, 0.15) is 5.56 Å². The summed E-state index contributed by atoms with van der Waals surface area (Å²) in [4.78, 5) is 10.7. The first-order chi connectivity index (χ1) is 9.13. The van der Waals surface area contributed by atoms with Gasteiger partial charge in [0.2, 0.25) is 0 Å². The molecule has 5 atom stereocenters. The molecule has 104 valence electrons. The Labute approximate surface area is 110 Å². The van der Waals surface area contributed by atoms with Crippen LogP contribution in [0.15, 0.2) is 30.3 Å². The topological polar surface area (TPSA) is 96.2 Å². The molecule has 0 saturated carbocycles. The highest BCUT2D eigenvalue weighted by atomic mass is 16.7. The van der Waals surface area contributed by atoms with E-state index in [-0.39, 0.29) is 6.61 Å². The van der Waals surface area contributed by atoms with Gasteiger partial charge in [-0.25, -0.2) is 0 Å². The average Bonchev–Trinajstić information content (AvgIpc) is 2.45. The first-order valence-electron chi connectivity index (χ1n) is 5.94. The third-order valence-electron chi connectivity index (χ3n) is 3.00. The van der Waals surface area contributed by atoms with Crippen molar-refractivity contribution in [3.8, 4) is 0 Å². The van der Waals surface area contributed by atoms with Gasteiger partial charge in [-0.15, -0.1) is 0 Å². The number of rotatable bonds is 4. The SMILES string of the molecule is O=C[C@H]1O[C@@H](OCc2ccccc2)[C@H](O)[C@@H](O)[C@H]1O. The second-order valence-electron chi connectivity index (χ2n) is 4.37. The number of aliphatic hydroxyl groups is 3. The van der Waals surface area contributed by atoms with E-state index in [1.165, 1.54) is 0 Å². The Hall–Kier alpha value is -1.31. The van der Waals surface area contributed by atoms with Crippen molar-refractivity contribution in [1.29, 1.82) is 0 Å². The molecule has 1 aliphatic heterocycles. The Bertz CT molecular complexity index is 409. The van der Waals surface area contributed by atoms with Crippen LogP contribution in [0.2, 0.25) is 0 Å². The zero-order valence-electron chi connectivity index (χ0n) is 10.1. The zero-order chi connectivity index (χ0) is 13.8. The molecule has 0 spiro atoms. The molecule has 1 fully saturated rings. The van der Waals surface area contributed by atoms with Crippen molar-refractivity contribution in [2.75, 3.05) is 0 Å². The summed E-state index contributed by atoms with van der Waals surface area (Å²) < 4.78 is 10.4. The van der Waals surface area contributed by atoms with E-state index in [2.05, 4.69) is 0 Å². The van der Waals surface area contributed by atoms with Gasteiger partial charge in [0.25, 0.3) is 0 Å². The van der Waals surface area contributed by atoms with Gasteiger partial charge in [0.15, 0.2) is 12.6 Å². The summed E-state index contributed by atoms with van der Waals surface area (Å²) in [6, 6.07) is 9.20. The Morgan fingerprint density at radius 1 is 1.11 bits per heavy atom. The monoisotopic (exact) mass is 268 g/mol. The second-order valence-corrected chi connectivity index (χ2v) is 4.37. The number of hydrogen-bond donors (Lipinski definition) is 3. The normalized spacial score (nSPS) is 35.0. The van der Waals surface area contributed by atoms with Crippen LogP contribution in [-0.2, 0) is 20.9 Å². The molecule has 6 heteroatoms. The van der Waals surface area contributed by atoms with Gasteiger partial charge in [0.05, 0.1) is 6.61 Å². The maximum absolute atomic E-state index is 10.7. The molecule has 1 aliphatic rings. The van der Waals surface area contributed by atoms with Crippen LogP contribution in [0.25, 0.3) is 0 Å². The fourth-order valence-corrected chi connectivity index (χ4v) is 1.88. The third-order valence-corrected chi connectivity index (χ3v) is 3.00. The molecule has 0 bridgehead atoms. The van der Waals surface area contributed by atoms with Crippen LogP contribution in [0.3, 0.4) is 0 Å². The van der Waals surface area contributed by atoms with Gasteiger partial charge in [-0.1, -0.05) is 30.3 Å². The maximum atomic E-state index is 10.7. The molecule has 0 radical (unpaired) electrons. The lowest BCUT2D eigenvalue weighted by Crippen LogP contribution is -2.58. The predicted octanol–water partition coefficient (Wildman–Crippen LogP) is -0.790. The van der Waals surface area contributed by atoms with Crippen molar-refractivity contribution < 1.29 is 29.6 Å². The molecular weight excluding hydrogens is 252 g/mol. The number of carbonyl (C=O) groups is 1. The zero-order valence-corrected chi connectivity index (χ0v) is 10.1. The number of benzene rings is 1. The van der Waals surface area contributed by atoms with Gasteiger partial charge in [0, 0.05) is 0 Å². The lowest BCUT2D eigenvalue weighted by atomic mass is 10.00. The molecule has 0 aromatic heterocycles. The fraction of sp³-hybridized carbons (Fsp3) is 0.462. The highest BCUT2D eigenvalue weighted by Gasteiger charge is 2.44. The van der Waals surface area contributed by atoms with E-state index in [9.17, 15) is 20.1 Å². The number of aliphatic hydroxyl groups excluding tert-OH is 3. The predicted molar refractivity (Wildman–Crippen MR) is 64.0 cm³/mol. The van der Waals surface area contributed by atoms with Crippen LogP contribution in [0, 0.1) is 0 Å². The molecule has 0 aliphatic carbocycles. The summed E-state index contributed by atoms with van der Waals surface area (Å²) in [5, 5.41) is 28.8. The van der Waals surface area contributed by atoms with E-state index in [1.807, 2.05) is 30.3 Å². The Morgan fingerprint density at radius 2 is 1.79 bits per heavy atom. The minimum absolute atomic E-state index is 0.164. The quantitative estimate of drug-likeness (QED) is 0.619.